The lowest BCUT2D eigenvalue weighted by atomic mass is 10.2. The third-order valence-electron chi connectivity index (χ3n) is 4.82. The second-order valence-corrected chi connectivity index (χ2v) is 10.4. The fourth-order valence-electron chi connectivity index (χ4n) is 3.01. The van der Waals surface area contributed by atoms with Crippen molar-refractivity contribution in [3.05, 3.63) is 29.3 Å². The zero-order valence-corrected chi connectivity index (χ0v) is 20.6. The van der Waals surface area contributed by atoms with Gasteiger partial charge in [-0.25, -0.2) is 13.2 Å². The Balaban J connectivity index is 1.81. The molecule has 2 N–H and O–H groups in total. The molecule has 0 radical (unpaired) electrons. The van der Waals surface area contributed by atoms with Crippen molar-refractivity contribution in [1.82, 2.24) is 10.2 Å². The van der Waals surface area contributed by atoms with E-state index in [1.807, 2.05) is 0 Å². The third-order valence-corrected chi connectivity index (χ3v) is 7.21. The minimum atomic E-state index is -3.79. The van der Waals surface area contributed by atoms with E-state index < -0.39 is 16.1 Å². The first-order chi connectivity index (χ1) is 15.4. The minimum Gasteiger partial charge on any atom is -0.449 e. The van der Waals surface area contributed by atoms with Crippen LogP contribution in [0.3, 0.4) is 0 Å². The molecule has 1 heterocycles. The molecule has 0 bridgehead atoms. The highest BCUT2D eigenvalue weighted by atomic mass is 32.2. The molecule has 0 unspecified atom stereocenters. The van der Waals surface area contributed by atoms with Gasteiger partial charge in [-0.05, 0) is 37.1 Å². The molecule has 0 atom stereocenters. The van der Waals surface area contributed by atoms with Gasteiger partial charge in [0.1, 0.15) is 5.01 Å². The summed E-state index contributed by atoms with van der Waals surface area (Å²) in [4.78, 5) is 11.9. The summed E-state index contributed by atoms with van der Waals surface area (Å²) < 4.78 is 32.8. The van der Waals surface area contributed by atoms with Crippen LogP contribution in [0, 0.1) is 0 Å². The van der Waals surface area contributed by atoms with Gasteiger partial charge in [0.05, 0.1) is 11.5 Å². The monoisotopic (exact) mass is 482 g/mol. The van der Waals surface area contributed by atoms with Gasteiger partial charge in [-0.15, -0.1) is 10.2 Å². The standard InChI is InChI=1S/C22H34N4O4S2/c1-3-5-7-9-11-17-30-22(27)23-18-13-15-19(16-14-18)32(28,29)26-21-25-24-20(31-21)12-10-8-6-4-2/h13-16H,3-12,17H2,1-2H3,(H,23,27)(H,25,26). The Hall–Kier alpha value is -2.20. The smallest absolute Gasteiger partial charge is 0.411 e. The van der Waals surface area contributed by atoms with Crippen molar-refractivity contribution < 1.29 is 17.9 Å². The van der Waals surface area contributed by atoms with Crippen LogP contribution >= 0.6 is 11.3 Å². The molecule has 32 heavy (non-hydrogen) atoms. The molecule has 8 nitrogen and oxygen atoms in total. The minimum absolute atomic E-state index is 0.0760. The van der Waals surface area contributed by atoms with Gasteiger partial charge in [0.2, 0.25) is 5.13 Å². The Labute approximate surface area is 195 Å². The van der Waals surface area contributed by atoms with E-state index in [1.165, 1.54) is 54.9 Å². The van der Waals surface area contributed by atoms with E-state index in [1.54, 1.807) is 0 Å². The van der Waals surface area contributed by atoms with Crippen LogP contribution in [0.1, 0.15) is 76.6 Å². The summed E-state index contributed by atoms with van der Waals surface area (Å²) in [6.45, 7) is 4.68. The molecule has 178 valence electrons. The molecule has 1 amide bonds. The van der Waals surface area contributed by atoms with Crippen molar-refractivity contribution in [1.29, 1.82) is 0 Å². The van der Waals surface area contributed by atoms with Gasteiger partial charge in [0.15, 0.2) is 0 Å². The van der Waals surface area contributed by atoms with Crippen LogP contribution < -0.4 is 10.0 Å². The Bertz CT molecular complexity index is 914. The zero-order valence-electron chi connectivity index (χ0n) is 18.9. The van der Waals surface area contributed by atoms with Gasteiger partial charge in [-0.1, -0.05) is 70.1 Å². The van der Waals surface area contributed by atoms with E-state index in [0.29, 0.717) is 12.3 Å². The number of anilines is 2. The predicted molar refractivity (Wildman–Crippen MR) is 129 cm³/mol. The first-order valence-corrected chi connectivity index (χ1v) is 13.6. The van der Waals surface area contributed by atoms with Crippen LogP contribution in [0.25, 0.3) is 0 Å². The van der Waals surface area contributed by atoms with Crippen molar-refractivity contribution in [2.24, 2.45) is 0 Å². The average Bonchev–Trinajstić information content (AvgIpc) is 3.20. The summed E-state index contributed by atoms with van der Waals surface area (Å²) in [5.74, 6) is 0. The van der Waals surface area contributed by atoms with Crippen LogP contribution in [-0.4, -0.2) is 31.3 Å². The molecule has 10 heteroatoms. The van der Waals surface area contributed by atoms with E-state index in [0.717, 1.165) is 50.0 Å². The molecule has 0 saturated carbocycles. The summed E-state index contributed by atoms with van der Waals surface area (Å²) in [7, 11) is -3.79. The molecule has 0 spiro atoms. The number of nitrogens with zero attached hydrogens (tertiary/aromatic N) is 2. The zero-order chi connectivity index (χ0) is 23.2. The number of aromatic nitrogens is 2. The molecule has 2 aromatic rings. The van der Waals surface area contributed by atoms with Crippen molar-refractivity contribution in [3.63, 3.8) is 0 Å². The lowest BCUT2D eigenvalue weighted by Gasteiger charge is -2.08. The number of sulfonamides is 1. The Morgan fingerprint density at radius 3 is 2.28 bits per heavy atom. The summed E-state index contributed by atoms with van der Waals surface area (Å²) in [6, 6.07) is 5.90. The molecular weight excluding hydrogens is 448 g/mol. The number of hydrogen-bond acceptors (Lipinski definition) is 7. The van der Waals surface area contributed by atoms with Crippen molar-refractivity contribution in [3.8, 4) is 0 Å². The number of benzene rings is 1. The summed E-state index contributed by atoms with van der Waals surface area (Å²) in [6.07, 6.45) is 10.1. The second-order valence-electron chi connectivity index (χ2n) is 7.62. The number of aryl methyl sites for hydroxylation is 1. The normalized spacial score (nSPS) is 11.3. The Morgan fingerprint density at radius 2 is 1.59 bits per heavy atom. The third kappa shape index (κ3) is 9.52. The van der Waals surface area contributed by atoms with E-state index in [4.69, 9.17) is 4.74 Å². The van der Waals surface area contributed by atoms with E-state index in [9.17, 15) is 13.2 Å². The van der Waals surface area contributed by atoms with Crippen molar-refractivity contribution in [2.75, 3.05) is 16.6 Å². The first kappa shape index (κ1) is 26.1. The Morgan fingerprint density at radius 1 is 0.938 bits per heavy atom. The van der Waals surface area contributed by atoms with Gasteiger partial charge in [-0.3, -0.25) is 10.0 Å². The molecular formula is C22H34N4O4S2. The molecule has 0 aliphatic carbocycles. The van der Waals surface area contributed by atoms with Crippen LogP contribution in [0.15, 0.2) is 29.2 Å². The van der Waals surface area contributed by atoms with Crippen LogP contribution in [0.5, 0.6) is 0 Å². The molecule has 0 saturated heterocycles. The highest BCUT2D eigenvalue weighted by molar-refractivity contribution is 7.93. The topological polar surface area (TPSA) is 110 Å². The summed E-state index contributed by atoms with van der Waals surface area (Å²) >= 11 is 1.25. The summed E-state index contributed by atoms with van der Waals surface area (Å²) in [5, 5.41) is 11.7. The number of ether oxygens (including phenoxy) is 1. The molecule has 0 aliphatic rings. The van der Waals surface area contributed by atoms with E-state index in [-0.39, 0.29) is 10.0 Å². The first-order valence-electron chi connectivity index (χ1n) is 11.3. The van der Waals surface area contributed by atoms with Gasteiger partial charge in [0, 0.05) is 12.1 Å². The Kier molecular flexibility index (Phi) is 11.4. The highest BCUT2D eigenvalue weighted by Gasteiger charge is 2.17. The van der Waals surface area contributed by atoms with Crippen molar-refractivity contribution >= 4 is 38.3 Å². The quantitative estimate of drug-likeness (QED) is 0.302. The van der Waals surface area contributed by atoms with Gasteiger partial charge < -0.3 is 4.74 Å². The molecule has 1 aromatic heterocycles. The maximum absolute atomic E-state index is 12.6. The maximum Gasteiger partial charge on any atom is 0.411 e. The molecule has 1 aromatic carbocycles. The van der Waals surface area contributed by atoms with Gasteiger partial charge in [0.25, 0.3) is 10.0 Å². The molecule has 2 rings (SSSR count). The fourth-order valence-corrected chi connectivity index (χ4v) is 5.03. The van der Waals surface area contributed by atoms with Crippen LogP contribution in [0.2, 0.25) is 0 Å². The average molecular weight is 483 g/mol. The predicted octanol–water partition coefficient (Wildman–Crippen LogP) is 5.98. The number of carbonyl (C=O) groups is 1. The largest absolute Gasteiger partial charge is 0.449 e. The molecule has 0 aliphatic heterocycles. The van der Waals surface area contributed by atoms with Crippen LogP contribution in [-0.2, 0) is 21.2 Å². The SMILES string of the molecule is CCCCCCCOC(=O)Nc1ccc(S(=O)(=O)Nc2nnc(CCCCCC)s2)cc1. The lowest BCUT2D eigenvalue weighted by Crippen LogP contribution is -2.15. The summed E-state index contributed by atoms with van der Waals surface area (Å²) in [5.41, 5.74) is 0.463. The number of rotatable bonds is 15. The number of nitrogens with one attached hydrogen (secondary N) is 2. The van der Waals surface area contributed by atoms with Gasteiger partial charge in [-0.2, -0.15) is 0 Å². The van der Waals surface area contributed by atoms with E-state index >= 15 is 0 Å². The van der Waals surface area contributed by atoms with E-state index in [2.05, 4.69) is 34.1 Å². The second kappa shape index (κ2) is 14.1. The van der Waals surface area contributed by atoms with Crippen molar-refractivity contribution in [2.45, 2.75) is 83.0 Å². The molecule has 0 fully saturated rings. The lowest BCUT2D eigenvalue weighted by molar-refractivity contribution is 0.159. The fraction of sp³-hybridized carbons (Fsp3) is 0.591. The maximum atomic E-state index is 12.6. The van der Waals surface area contributed by atoms with Gasteiger partial charge >= 0.3 is 6.09 Å². The number of amides is 1. The number of carbonyl (C=O) groups excluding carboxylic acids is 1. The van der Waals surface area contributed by atoms with Crippen LogP contribution in [0.4, 0.5) is 15.6 Å². The number of hydrogen-bond donors (Lipinski definition) is 2. The highest BCUT2D eigenvalue weighted by Crippen LogP contribution is 2.22. The number of unbranched alkanes of at least 4 members (excludes halogenated alkanes) is 7.